The van der Waals surface area contributed by atoms with E-state index in [0.717, 1.165) is 16.3 Å². The standard InChI is InChI=1S/C9H12O2Si/c1-7(10)11-9-4-2-8(6-12)3-5-9/h2-5H,6H2,1,12H3. The number of rotatable bonds is 2. The highest BCUT2D eigenvalue weighted by molar-refractivity contribution is 6.08. The second-order valence-electron chi connectivity index (χ2n) is 2.59. The summed E-state index contributed by atoms with van der Waals surface area (Å²) in [6, 6.07) is 8.78. The first-order valence-corrected chi connectivity index (χ1v) is 5.41. The highest BCUT2D eigenvalue weighted by Gasteiger charge is 1.96. The molecule has 0 atom stereocenters. The van der Waals surface area contributed by atoms with Gasteiger partial charge in [-0.2, -0.15) is 0 Å². The molecule has 0 fully saturated rings. The van der Waals surface area contributed by atoms with E-state index in [9.17, 15) is 4.79 Å². The van der Waals surface area contributed by atoms with Crippen molar-refractivity contribution in [2.24, 2.45) is 0 Å². The SMILES string of the molecule is CC(=O)Oc1ccc(C[SiH3])cc1. The molecule has 0 N–H and O–H groups in total. The van der Waals surface area contributed by atoms with Crippen molar-refractivity contribution in [2.75, 3.05) is 0 Å². The van der Waals surface area contributed by atoms with Gasteiger partial charge in [0.05, 0.1) is 0 Å². The molecule has 0 aliphatic rings. The van der Waals surface area contributed by atoms with Crippen LogP contribution in [0.3, 0.4) is 0 Å². The van der Waals surface area contributed by atoms with Crippen LogP contribution in [0.25, 0.3) is 0 Å². The normalized spacial score (nSPS) is 9.75. The van der Waals surface area contributed by atoms with Crippen molar-refractivity contribution in [3.8, 4) is 5.75 Å². The zero-order chi connectivity index (χ0) is 8.97. The molecule has 0 bridgehead atoms. The van der Waals surface area contributed by atoms with Crippen LogP contribution in [-0.2, 0) is 10.8 Å². The summed E-state index contributed by atoms with van der Waals surface area (Å²) >= 11 is 0. The molecule has 0 unspecified atom stereocenters. The molecular weight excluding hydrogens is 168 g/mol. The predicted molar refractivity (Wildman–Crippen MR) is 51.4 cm³/mol. The molecule has 64 valence electrons. The molecule has 0 aliphatic heterocycles. The van der Waals surface area contributed by atoms with Crippen molar-refractivity contribution in [1.82, 2.24) is 0 Å². The van der Waals surface area contributed by atoms with Gasteiger partial charge in [0.1, 0.15) is 5.75 Å². The fourth-order valence-corrected chi connectivity index (χ4v) is 1.43. The smallest absolute Gasteiger partial charge is 0.308 e. The van der Waals surface area contributed by atoms with Crippen LogP contribution >= 0.6 is 0 Å². The Hall–Kier alpha value is -1.09. The third kappa shape index (κ3) is 2.51. The highest BCUT2D eigenvalue weighted by atomic mass is 28.1. The molecular formula is C9H12O2Si. The van der Waals surface area contributed by atoms with E-state index in [1.165, 1.54) is 12.5 Å². The fourth-order valence-electron chi connectivity index (χ4n) is 0.959. The van der Waals surface area contributed by atoms with Crippen LogP contribution in [0.15, 0.2) is 24.3 Å². The van der Waals surface area contributed by atoms with Crippen molar-refractivity contribution < 1.29 is 9.53 Å². The molecule has 0 amide bonds. The van der Waals surface area contributed by atoms with Gasteiger partial charge >= 0.3 is 5.97 Å². The van der Waals surface area contributed by atoms with E-state index < -0.39 is 0 Å². The Bertz CT molecular complexity index is 266. The third-order valence-electron chi connectivity index (χ3n) is 1.59. The maximum absolute atomic E-state index is 10.6. The van der Waals surface area contributed by atoms with Crippen molar-refractivity contribution in [2.45, 2.75) is 13.0 Å². The lowest BCUT2D eigenvalue weighted by molar-refractivity contribution is -0.131. The molecule has 0 heterocycles. The first-order valence-electron chi connectivity index (χ1n) is 3.99. The first kappa shape index (κ1) is 9.00. The largest absolute Gasteiger partial charge is 0.427 e. The van der Waals surface area contributed by atoms with E-state index in [-0.39, 0.29) is 5.97 Å². The minimum absolute atomic E-state index is 0.270. The van der Waals surface area contributed by atoms with Crippen molar-refractivity contribution in [3.05, 3.63) is 29.8 Å². The number of hydrogen-bond donors (Lipinski definition) is 0. The van der Waals surface area contributed by atoms with Gasteiger partial charge in [-0.3, -0.25) is 4.79 Å². The average Bonchev–Trinajstić information content (AvgIpc) is 2.05. The Kier molecular flexibility index (Phi) is 3.05. The van der Waals surface area contributed by atoms with E-state index in [1.54, 1.807) is 0 Å². The van der Waals surface area contributed by atoms with Gasteiger partial charge in [0.25, 0.3) is 0 Å². The lowest BCUT2D eigenvalue weighted by Gasteiger charge is -2.01. The third-order valence-corrected chi connectivity index (χ3v) is 2.41. The van der Waals surface area contributed by atoms with Gasteiger partial charge < -0.3 is 4.74 Å². The number of benzene rings is 1. The van der Waals surface area contributed by atoms with Crippen molar-refractivity contribution >= 4 is 16.2 Å². The zero-order valence-corrected chi connectivity index (χ0v) is 9.33. The van der Waals surface area contributed by atoms with Gasteiger partial charge in [-0.15, -0.1) is 0 Å². The first-order chi connectivity index (χ1) is 5.72. The lowest BCUT2D eigenvalue weighted by atomic mass is 10.2. The Morgan fingerprint density at radius 3 is 2.42 bits per heavy atom. The molecule has 0 spiro atoms. The summed E-state index contributed by atoms with van der Waals surface area (Å²) in [6.45, 7) is 1.40. The monoisotopic (exact) mass is 180 g/mol. The van der Waals surface area contributed by atoms with Gasteiger partial charge in [0.2, 0.25) is 0 Å². The molecule has 12 heavy (non-hydrogen) atoms. The molecule has 1 aromatic rings. The Balaban J connectivity index is 2.71. The minimum Gasteiger partial charge on any atom is -0.427 e. The van der Waals surface area contributed by atoms with Gasteiger partial charge in [-0.05, 0) is 18.2 Å². The Morgan fingerprint density at radius 2 is 2.00 bits per heavy atom. The fraction of sp³-hybridized carbons (Fsp3) is 0.222. The summed E-state index contributed by atoms with van der Waals surface area (Å²) in [5, 5.41) is 0. The maximum atomic E-state index is 10.6. The van der Waals surface area contributed by atoms with Crippen LogP contribution in [0.5, 0.6) is 5.75 Å². The molecule has 0 aromatic heterocycles. The van der Waals surface area contributed by atoms with E-state index in [0.29, 0.717) is 5.75 Å². The number of ether oxygens (including phenoxy) is 1. The van der Waals surface area contributed by atoms with Crippen LogP contribution in [0.1, 0.15) is 12.5 Å². The lowest BCUT2D eigenvalue weighted by Crippen LogP contribution is -2.01. The molecule has 0 saturated heterocycles. The van der Waals surface area contributed by atoms with E-state index in [2.05, 4.69) is 0 Å². The van der Waals surface area contributed by atoms with E-state index in [4.69, 9.17) is 4.74 Å². The van der Waals surface area contributed by atoms with Crippen LogP contribution in [-0.4, -0.2) is 16.2 Å². The van der Waals surface area contributed by atoms with Gasteiger partial charge in [-0.1, -0.05) is 17.7 Å². The summed E-state index contributed by atoms with van der Waals surface area (Å²) in [6.07, 6.45) is 0. The average molecular weight is 180 g/mol. The number of carbonyl (C=O) groups excluding carboxylic acids is 1. The Morgan fingerprint density at radius 1 is 1.42 bits per heavy atom. The second kappa shape index (κ2) is 4.06. The van der Waals surface area contributed by atoms with Crippen molar-refractivity contribution in [1.29, 1.82) is 0 Å². The minimum atomic E-state index is -0.270. The summed E-state index contributed by atoms with van der Waals surface area (Å²) in [5.41, 5.74) is 1.30. The Labute approximate surface area is 75.0 Å². The summed E-state index contributed by atoms with van der Waals surface area (Å²) in [5.74, 6) is 0.356. The topological polar surface area (TPSA) is 26.3 Å². The quantitative estimate of drug-likeness (QED) is 0.376. The molecule has 2 nitrogen and oxygen atoms in total. The summed E-state index contributed by atoms with van der Waals surface area (Å²) in [7, 11) is 1.16. The summed E-state index contributed by atoms with van der Waals surface area (Å²) in [4.78, 5) is 10.6. The number of carbonyl (C=O) groups is 1. The van der Waals surface area contributed by atoms with Gasteiger partial charge in [0, 0.05) is 17.2 Å². The van der Waals surface area contributed by atoms with Crippen LogP contribution in [0, 0.1) is 0 Å². The number of hydrogen-bond acceptors (Lipinski definition) is 2. The molecule has 0 saturated carbocycles. The molecule has 1 aromatic carbocycles. The van der Waals surface area contributed by atoms with Crippen molar-refractivity contribution in [3.63, 3.8) is 0 Å². The van der Waals surface area contributed by atoms with Crippen LogP contribution in [0.2, 0.25) is 0 Å². The molecule has 3 heteroatoms. The van der Waals surface area contributed by atoms with Crippen LogP contribution < -0.4 is 4.74 Å². The molecule has 0 radical (unpaired) electrons. The van der Waals surface area contributed by atoms with Gasteiger partial charge in [-0.25, -0.2) is 0 Å². The second-order valence-corrected chi connectivity index (χ2v) is 3.30. The zero-order valence-electron chi connectivity index (χ0n) is 7.33. The molecule has 0 aliphatic carbocycles. The predicted octanol–water partition coefficient (Wildman–Crippen LogP) is 0.477. The highest BCUT2D eigenvalue weighted by Crippen LogP contribution is 2.11. The maximum Gasteiger partial charge on any atom is 0.308 e. The summed E-state index contributed by atoms with van der Waals surface area (Å²) < 4.78 is 4.89. The van der Waals surface area contributed by atoms with Gasteiger partial charge in [0.15, 0.2) is 0 Å². The van der Waals surface area contributed by atoms with Crippen LogP contribution in [0.4, 0.5) is 0 Å². The molecule has 1 rings (SSSR count). The number of esters is 1. The van der Waals surface area contributed by atoms with E-state index >= 15 is 0 Å². The van der Waals surface area contributed by atoms with E-state index in [1.807, 2.05) is 24.3 Å².